The molecular weight excluding hydrogens is 322 g/mol. The number of carbonyl (C=O) groups excluding carboxylic acids is 2. The molecule has 0 spiro atoms. The van der Waals surface area contributed by atoms with Gasteiger partial charge in [-0.1, -0.05) is 11.6 Å². The molecule has 6 nitrogen and oxygen atoms in total. The van der Waals surface area contributed by atoms with Gasteiger partial charge in [0.15, 0.2) is 6.61 Å². The molecule has 0 aromatic carbocycles. The summed E-state index contributed by atoms with van der Waals surface area (Å²) in [6, 6.07) is 0. The van der Waals surface area contributed by atoms with E-state index in [1.54, 1.807) is 6.08 Å². The molecule has 2 rings (SSSR count). The Balaban J connectivity index is 2.12. The molecule has 1 saturated carbocycles. The minimum absolute atomic E-state index is 0.163. The summed E-state index contributed by atoms with van der Waals surface area (Å²) in [5, 5.41) is -4.55. The van der Waals surface area contributed by atoms with E-state index in [0.717, 1.165) is 12.0 Å². The number of fused-ring (bicyclic) bond motifs is 2. The van der Waals surface area contributed by atoms with Crippen LogP contribution in [0.1, 0.15) is 32.1 Å². The van der Waals surface area contributed by atoms with Gasteiger partial charge in [-0.05, 0) is 32.1 Å². The molecule has 124 valence electrons. The number of ether oxygens (including phenoxy) is 1. The van der Waals surface area contributed by atoms with E-state index in [1.165, 1.54) is 0 Å². The van der Waals surface area contributed by atoms with Gasteiger partial charge in [0.05, 0.1) is 5.41 Å². The number of carbonyl (C=O) groups is 2. The van der Waals surface area contributed by atoms with Crippen LogP contribution >= 0.6 is 0 Å². The van der Waals surface area contributed by atoms with Crippen LogP contribution in [0.15, 0.2) is 11.6 Å². The lowest BCUT2D eigenvalue weighted by atomic mass is 9.63. The Morgan fingerprint density at radius 2 is 2.23 bits per heavy atom. The van der Waals surface area contributed by atoms with Gasteiger partial charge in [0.25, 0.3) is 0 Å². The molecule has 0 saturated heterocycles. The number of esters is 1. The third-order valence-electron chi connectivity index (χ3n) is 4.15. The molecule has 2 aliphatic carbocycles. The zero-order valence-electron chi connectivity index (χ0n) is 11.6. The van der Waals surface area contributed by atoms with Gasteiger partial charge in [0.1, 0.15) is 6.29 Å². The Hall–Kier alpha value is -1.35. The van der Waals surface area contributed by atoms with Gasteiger partial charge in [0.2, 0.25) is 0 Å². The molecule has 1 fully saturated rings. The molecule has 0 radical (unpaired) electrons. The van der Waals surface area contributed by atoms with Crippen LogP contribution in [-0.4, -0.2) is 37.1 Å². The van der Waals surface area contributed by atoms with Crippen molar-refractivity contribution in [2.24, 2.45) is 11.3 Å². The first kappa shape index (κ1) is 17.0. The van der Waals surface area contributed by atoms with Crippen LogP contribution in [0, 0.1) is 11.3 Å². The summed E-state index contributed by atoms with van der Waals surface area (Å²) in [7, 11) is -5.65. The maximum absolute atomic E-state index is 13.1. The molecule has 2 unspecified atom stereocenters. The fourth-order valence-corrected chi connectivity index (χ4v) is 3.32. The molecule has 0 amide bonds. The maximum Gasteiger partial charge on any atom is 0.402 e. The van der Waals surface area contributed by atoms with E-state index in [4.69, 9.17) is 4.55 Å². The smallest absolute Gasteiger partial charge is 0.402 e. The number of rotatable bonds is 5. The summed E-state index contributed by atoms with van der Waals surface area (Å²) >= 11 is 0. The predicted octanol–water partition coefficient (Wildman–Crippen LogP) is 1.72. The SMILES string of the molecule is O=CC1C=C2CCCC(C(=O)OCC(F)(F)S(=O)(=O)O)(C2)C1. The average Bonchev–Trinajstić information content (AvgIpc) is 2.43. The molecule has 2 bridgehead atoms. The van der Waals surface area contributed by atoms with Crippen molar-refractivity contribution in [1.82, 2.24) is 0 Å². The van der Waals surface area contributed by atoms with Crippen molar-refractivity contribution in [3.8, 4) is 0 Å². The van der Waals surface area contributed by atoms with Crippen molar-refractivity contribution in [2.75, 3.05) is 6.61 Å². The number of hydrogen-bond acceptors (Lipinski definition) is 5. The van der Waals surface area contributed by atoms with Crippen LogP contribution in [0.5, 0.6) is 0 Å². The molecule has 0 aromatic rings. The van der Waals surface area contributed by atoms with Crippen LogP contribution in [0.2, 0.25) is 0 Å². The molecule has 9 heteroatoms. The third-order valence-corrected chi connectivity index (χ3v) is 5.02. The van der Waals surface area contributed by atoms with E-state index in [1.807, 2.05) is 0 Å². The quantitative estimate of drug-likeness (QED) is 0.355. The molecule has 22 heavy (non-hydrogen) atoms. The fraction of sp³-hybridized carbons (Fsp3) is 0.692. The fourth-order valence-electron chi connectivity index (χ4n) is 3.12. The van der Waals surface area contributed by atoms with E-state index in [-0.39, 0.29) is 6.42 Å². The van der Waals surface area contributed by atoms with E-state index in [2.05, 4.69) is 4.74 Å². The maximum atomic E-state index is 13.1. The summed E-state index contributed by atoms with van der Waals surface area (Å²) in [6.45, 7) is -1.74. The van der Waals surface area contributed by atoms with Gasteiger partial charge in [0, 0.05) is 5.92 Å². The molecule has 0 aliphatic heterocycles. The lowest BCUT2D eigenvalue weighted by Crippen LogP contribution is -2.43. The Labute approximate surface area is 126 Å². The summed E-state index contributed by atoms with van der Waals surface area (Å²) < 4.78 is 60.2. The van der Waals surface area contributed by atoms with E-state index in [9.17, 15) is 26.8 Å². The van der Waals surface area contributed by atoms with Crippen LogP contribution < -0.4 is 0 Å². The second kappa shape index (κ2) is 5.69. The predicted molar refractivity (Wildman–Crippen MR) is 70.6 cm³/mol. The Morgan fingerprint density at radius 1 is 1.55 bits per heavy atom. The van der Waals surface area contributed by atoms with Crippen LogP contribution in [0.3, 0.4) is 0 Å². The Bertz CT molecular complexity index is 612. The van der Waals surface area contributed by atoms with E-state index in [0.29, 0.717) is 25.5 Å². The first-order valence-corrected chi connectivity index (χ1v) is 8.21. The summed E-state index contributed by atoms with van der Waals surface area (Å²) in [5.74, 6) is -1.42. The molecule has 1 N–H and O–H groups in total. The van der Waals surface area contributed by atoms with Crippen molar-refractivity contribution in [3.05, 3.63) is 11.6 Å². The van der Waals surface area contributed by atoms with Crippen molar-refractivity contribution in [2.45, 2.75) is 37.4 Å². The van der Waals surface area contributed by atoms with Gasteiger partial charge in [-0.3, -0.25) is 9.35 Å². The van der Waals surface area contributed by atoms with Crippen molar-refractivity contribution >= 4 is 22.4 Å². The van der Waals surface area contributed by atoms with Crippen LogP contribution in [-0.2, 0) is 24.4 Å². The minimum atomic E-state index is -5.65. The zero-order valence-corrected chi connectivity index (χ0v) is 12.4. The van der Waals surface area contributed by atoms with E-state index < -0.39 is 39.3 Å². The Kier molecular flexibility index (Phi) is 4.40. The van der Waals surface area contributed by atoms with Gasteiger partial charge in [-0.15, -0.1) is 0 Å². The van der Waals surface area contributed by atoms with Gasteiger partial charge < -0.3 is 9.53 Å². The standard InChI is InChI=1S/C13H16F2O6S/c14-13(15,22(18,19)20)8-21-11(17)12-3-1-2-9(5-12)4-10(6-12)7-16/h4,7,10H,1-3,5-6,8H2,(H,18,19,20). The summed E-state index contributed by atoms with van der Waals surface area (Å²) in [6.07, 6.45) is 4.76. The third kappa shape index (κ3) is 3.19. The Morgan fingerprint density at radius 3 is 2.82 bits per heavy atom. The van der Waals surface area contributed by atoms with Crippen LogP contribution in [0.4, 0.5) is 8.78 Å². The number of alkyl halides is 2. The lowest BCUT2D eigenvalue weighted by molar-refractivity contribution is -0.164. The highest BCUT2D eigenvalue weighted by Crippen LogP contribution is 2.48. The normalized spacial score (nSPS) is 28.7. The van der Waals surface area contributed by atoms with E-state index >= 15 is 0 Å². The van der Waals surface area contributed by atoms with Crippen molar-refractivity contribution < 1.29 is 36.1 Å². The first-order valence-electron chi connectivity index (χ1n) is 6.77. The van der Waals surface area contributed by atoms with Gasteiger partial charge >= 0.3 is 21.3 Å². The van der Waals surface area contributed by atoms with Crippen molar-refractivity contribution in [3.63, 3.8) is 0 Å². The highest BCUT2D eigenvalue weighted by Gasteiger charge is 2.50. The highest BCUT2D eigenvalue weighted by molar-refractivity contribution is 7.86. The zero-order chi connectivity index (χ0) is 16.6. The molecule has 2 aliphatic rings. The molecule has 0 aromatic heterocycles. The van der Waals surface area contributed by atoms with Crippen LogP contribution in [0.25, 0.3) is 0 Å². The number of aldehydes is 1. The number of halogens is 2. The number of allylic oxidation sites excluding steroid dienone is 2. The summed E-state index contributed by atoms with van der Waals surface area (Å²) in [4.78, 5) is 23.2. The topological polar surface area (TPSA) is 97.7 Å². The second-order valence-electron chi connectivity index (χ2n) is 5.83. The first-order chi connectivity index (χ1) is 10.1. The lowest BCUT2D eigenvalue weighted by Gasteiger charge is -2.40. The summed E-state index contributed by atoms with van der Waals surface area (Å²) in [5.41, 5.74) is -0.156. The monoisotopic (exact) mass is 338 g/mol. The number of hydrogen-bond donors (Lipinski definition) is 1. The minimum Gasteiger partial charge on any atom is -0.458 e. The second-order valence-corrected chi connectivity index (χ2v) is 7.38. The molecule has 2 atom stereocenters. The van der Waals surface area contributed by atoms with Crippen molar-refractivity contribution in [1.29, 1.82) is 0 Å². The molecule has 0 heterocycles. The van der Waals surface area contributed by atoms with Gasteiger partial charge in [-0.2, -0.15) is 17.2 Å². The molecular formula is C13H16F2O6S. The highest BCUT2D eigenvalue weighted by atomic mass is 32.2. The average molecular weight is 338 g/mol. The largest absolute Gasteiger partial charge is 0.458 e. The van der Waals surface area contributed by atoms with Gasteiger partial charge in [-0.25, -0.2) is 0 Å².